The highest BCUT2D eigenvalue weighted by Gasteiger charge is 2.12. The molecule has 0 fully saturated rings. The minimum atomic E-state index is -0.847. The van der Waals surface area contributed by atoms with Crippen LogP contribution in [0, 0.1) is 5.92 Å². The van der Waals surface area contributed by atoms with Gasteiger partial charge >= 0.3 is 5.97 Å². The lowest BCUT2D eigenvalue weighted by Gasteiger charge is -2.08. The van der Waals surface area contributed by atoms with Crippen molar-refractivity contribution in [3.8, 4) is 0 Å². The van der Waals surface area contributed by atoms with Gasteiger partial charge in [-0.3, -0.25) is 9.59 Å². The summed E-state index contributed by atoms with van der Waals surface area (Å²) >= 11 is 3.29. The first-order chi connectivity index (χ1) is 8.02. The SMILES string of the molecule is CC(CCNC(=O)c1ccccc1Br)C(=O)O. The van der Waals surface area contributed by atoms with E-state index in [1.807, 2.05) is 6.07 Å². The van der Waals surface area contributed by atoms with Crippen LogP contribution in [0.25, 0.3) is 0 Å². The molecule has 0 aliphatic heterocycles. The number of halogens is 1. The highest BCUT2D eigenvalue weighted by Crippen LogP contribution is 2.15. The van der Waals surface area contributed by atoms with Gasteiger partial charge < -0.3 is 10.4 Å². The second kappa shape index (κ2) is 6.39. The second-order valence-electron chi connectivity index (χ2n) is 3.76. The minimum Gasteiger partial charge on any atom is -0.481 e. The number of nitrogens with one attached hydrogen (secondary N) is 1. The number of benzene rings is 1. The van der Waals surface area contributed by atoms with Crippen molar-refractivity contribution in [2.45, 2.75) is 13.3 Å². The molecule has 0 spiro atoms. The molecular weight excluding hydrogens is 286 g/mol. The van der Waals surface area contributed by atoms with E-state index in [0.29, 0.717) is 18.5 Å². The summed E-state index contributed by atoms with van der Waals surface area (Å²) in [6, 6.07) is 7.10. The van der Waals surface area contributed by atoms with E-state index in [9.17, 15) is 9.59 Å². The quantitative estimate of drug-likeness (QED) is 0.877. The van der Waals surface area contributed by atoms with Gasteiger partial charge in [0.05, 0.1) is 11.5 Å². The van der Waals surface area contributed by atoms with Crippen LogP contribution in [0.5, 0.6) is 0 Å². The average molecular weight is 300 g/mol. The first kappa shape index (κ1) is 13.7. The molecule has 1 amide bonds. The minimum absolute atomic E-state index is 0.199. The van der Waals surface area contributed by atoms with Crippen molar-refractivity contribution < 1.29 is 14.7 Å². The number of hydrogen-bond acceptors (Lipinski definition) is 2. The molecular formula is C12H14BrNO3. The van der Waals surface area contributed by atoms with Crippen LogP contribution in [0.15, 0.2) is 28.7 Å². The topological polar surface area (TPSA) is 66.4 Å². The van der Waals surface area contributed by atoms with Crippen LogP contribution in [0.3, 0.4) is 0 Å². The fraction of sp³-hybridized carbons (Fsp3) is 0.333. The van der Waals surface area contributed by atoms with Gasteiger partial charge in [0.25, 0.3) is 5.91 Å². The monoisotopic (exact) mass is 299 g/mol. The summed E-state index contributed by atoms with van der Waals surface area (Å²) in [5.41, 5.74) is 0.551. The van der Waals surface area contributed by atoms with Gasteiger partial charge in [0.15, 0.2) is 0 Å². The third-order valence-corrected chi connectivity index (χ3v) is 3.09. The maximum Gasteiger partial charge on any atom is 0.306 e. The molecule has 0 aliphatic rings. The Morgan fingerprint density at radius 2 is 2.06 bits per heavy atom. The van der Waals surface area contributed by atoms with E-state index in [4.69, 9.17) is 5.11 Å². The second-order valence-corrected chi connectivity index (χ2v) is 4.62. The van der Waals surface area contributed by atoms with E-state index in [-0.39, 0.29) is 5.91 Å². The molecule has 0 aliphatic carbocycles. The van der Waals surface area contributed by atoms with Crippen molar-refractivity contribution in [2.24, 2.45) is 5.92 Å². The third kappa shape index (κ3) is 4.19. The van der Waals surface area contributed by atoms with Crippen LogP contribution in [0.4, 0.5) is 0 Å². The third-order valence-electron chi connectivity index (χ3n) is 2.40. The molecule has 0 aromatic heterocycles. The van der Waals surface area contributed by atoms with Crippen LogP contribution < -0.4 is 5.32 Å². The van der Waals surface area contributed by atoms with Gasteiger partial charge in [-0.15, -0.1) is 0 Å². The molecule has 4 nitrogen and oxygen atoms in total. The van der Waals surface area contributed by atoms with Crippen molar-refractivity contribution in [1.82, 2.24) is 5.32 Å². The molecule has 0 radical (unpaired) electrons. The standard InChI is InChI=1S/C12H14BrNO3/c1-8(12(16)17)6-7-14-11(15)9-4-2-3-5-10(9)13/h2-5,8H,6-7H2,1H3,(H,14,15)(H,16,17). The van der Waals surface area contributed by atoms with E-state index in [0.717, 1.165) is 4.47 Å². The molecule has 0 saturated heterocycles. The van der Waals surface area contributed by atoms with Crippen LogP contribution in [0.2, 0.25) is 0 Å². The molecule has 0 bridgehead atoms. The zero-order valence-electron chi connectivity index (χ0n) is 9.44. The molecule has 17 heavy (non-hydrogen) atoms. The van der Waals surface area contributed by atoms with E-state index >= 15 is 0 Å². The molecule has 0 saturated carbocycles. The number of carbonyl (C=O) groups excluding carboxylic acids is 1. The summed E-state index contributed by atoms with van der Waals surface area (Å²) in [5.74, 6) is -1.50. The van der Waals surface area contributed by atoms with E-state index < -0.39 is 11.9 Å². The number of amides is 1. The molecule has 2 N–H and O–H groups in total. The van der Waals surface area contributed by atoms with Crippen molar-refractivity contribution in [1.29, 1.82) is 0 Å². The summed E-state index contributed by atoms with van der Waals surface area (Å²) < 4.78 is 0.726. The van der Waals surface area contributed by atoms with Gasteiger partial charge in [0, 0.05) is 11.0 Å². The Morgan fingerprint density at radius 1 is 1.41 bits per heavy atom. The fourth-order valence-electron chi connectivity index (χ4n) is 1.27. The first-order valence-electron chi connectivity index (χ1n) is 5.28. The number of carboxylic acids is 1. The van der Waals surface area contributed by atoms with E-state index in [2.05, 4.69) is 21.2 Å². The van der Waals surface area contributed by atoms with Crippen LogP contribution >= 0.6 is 15.9 Å². The Kier molecular flexibility index (Phi) is 5.15. The summed E-state index contributed by atoms with van der Waals surface area (Å²) in [6.07, 6.45) is 0.422. The number of hydrogen-bond donors (Lipinski definition) is 2. The Bertz CT molecular complexity index is 420. The number of carboxylic acid groups (broad SMARTS) is 1. The van der Waals surface area contributed by atoms with E-state index in [1.54, 1.807) is 25.1 Å². The Labute approximate surface area is 108 Å². The molecule has 5 heteroatoms. The first-order valence-corrected chi connectivity index (χ1v) is 6.07. The normalized spacial score (nSPS) is 11.9. The molecule has 1 aromatic carbocycles. The highest BCUT2D eigenvalue weighted by atomic mass is 79.9. The largest absolute Gasteiger partial charge is 0.481 e. The smallest absolute Gasteiger partial charge is 0.306 e. The van der Waals surface area contributed by atoms with Gasteiger partial charge in [-0.2, -0.15) is 0 Å². The number of aliphatic carboxylic acids is 1. The predicted octanol–water partition coefficient (Wildman–Crippen LogP) is 2.29. The lowest BCUT2D eigenvalue weighted by molar-refractivity contribution is -0.141. The van der Waals surface area contributed by atoms with Gasteiger partial charge in [0.1, 0.15) is 0 Å². The Morgan fingerprint density at radius 3 is 2.65 bits per heavy atom. The zero-order chi connectivity index (χ0) is 12.8. The summed E-state index contributed by atoms with van der Waals surface area (Å²) in [7, 11) is 0. The van der Waals surface area contributed by atoms with Gasteiger partial charge in [-0.25, -0.2) is 0 Å². The molecule has 1 atom stereocenters. The van der Waals surface area contributed by atoms with Gasteiger partial charge in [-0.1, -0.05) is 19.1 Å². The van der Waals surface area contributed by atoms with Crippen molar-refractivity contribution in [3.63, 3.8) is 0 Å². The fourth-order valence-corrected chi connectivity index (χ4v) is 1.73. The average Bonchev–Trinajstić information content (AvgIpc) is 2.29. The van der Waals surface area contributed by atoms with Crippen LogP contribution in [-0.4, -0.2) is 23.5 Å². The maximum absolute atomic E-state index is 11.7. The molecule has 1 aromatic rings. The van der Waals surface area contributed by atoms with Gasteiger partial charge in [0.2, 0.25) is 0 Å². The van der Waals surface area contributed by atoms with Crippen LogP contribution in [0.1, 0.15) is 23.7 Å². The van der Waals surface area contributed by atoms with Crippen molar-refractivity contribution in [3.05, 3.63) is 34.3 Å². The Hall–Kier alpha value is -1.36. The molecule has 1 rings (SSSR count). The molecule has 92 valence electrons. The lowest BCUT2D eigenvalue weighted by atomic mass is 10.1. The zero-order valence-corrected chi connectivity index (χ0v) is 11.0. The molecule has 0 heterocycles. The van der Waals surface area contributed by atoms with Crippen molar-refractivity contribution >= 4 is 27.8 Å². The molecule has 1 unspecified atom stereocenters. The summed E-state index contributed by atoms with van der Waals surface area (Å²) in [6.45, 7) is 1.97. The predicted molar refractivity (Wildman–Crippen MR) is 67.9 cm³/mol. The maximum atomic E-state index is 11.7. The van der Waals surface area contributed by atoms with Crippen molar-refractivity contribution in [2.75, 3.05) is 6.54 Å². The number of carbonyl (C=O) groups is 2. The highest BCUT2D eigenvalue weighted by molar-refractivity contribution is 9.10. The lowest BCUT2D eigenvalue weighted by Crippen LogP contribution is -2.27. The Balaban J connectivity index is 2.46. The summed E-state index contributed by atoms with van der Waals surface area (Å²) in [5, 5.41) is 11.4. The summed E-state index contributed by atoms with van der Waals surface area (Å²) in [4.78, 5) is 22.3. The van der Waals surface area contributed by atoms with Crippen LogP contribution in [-0.2, 0) is 4.79 Å². The van der Waals surface area contributed by atoms with E-state index in [1.165, 1.54) is 0 Å². The van der Waals surface area contributed by atoms with Gasteiger partial charge in [-0.05, 0) is 34.5 Å². The number of rotatable bonds is 5.